The number of benzene rings is 1. The summed E-state index contributed by atoms with van der Waals surface area (Å²) in [6, 6.07) is 11.0. The van der Waals surface area contributed by atoms with Crippen LogP contribution in [0, 0.1) is 0 Å². The van der Waals surface area contributed by atoms with Crippen molar-refractivity contribution >= 4 is 40.5 Å². The lowest BCUT2D eigenvalue weighted by atomic mass is 10.2. The van der Waals surface area contributed by atoms with Crippen molar-refractivity contribution in [2.75, 3.05) is 0 Å². The number of aromatic nitrogens is 2. The first-order chi connectivity index (χ1) is 11.2. The third kappa shape index (κ3) is 2.51. The Labute approximate surface area is 136 Å². The molecule has 0 spiro atoms. The Morgan fingerprint density at radius 3 is 2.78 bits per heavy atom. The molecule has 2 N–H and O–H groups in total. The van der Waals surface area contributed by atoms with Gasteiger partial charge in [-0.3, -0.25) is 4.79 Å². The predicted octanol–water partition coefficient (Wildman–Crippen LogP) is 3.13. The molecule has 3 aromatic rings. The van der Waals surface area contributed by atoms with Crippen LogP contribution in [0.3, 0.4) is 0 Å². The number of amidine groups is 1. The van der Waals surface area contributed by atoms with Crippen molar-refractivity contribution in [3.63, 3.8) is 0 Å². The number of carbonyl (C=O) groups is 1. The van der Waals surface area contributed by atoms with Crippen molar-refractivity contribution in [2.24, 2.45) is 4.99 Å². The van der Waals surface area contributed by atoms with Crippen molar-refractivity contribution in [3.05, 3.63) is 70.6 Å². The van der Waals surface area contributed by atoms with Gasteiger partial charge in [0.25, 0.3) is 5.91 Å². The summed E-state index contributed by atoms with van der Waals surface area (Å²) >= 11 is 5.88. The van der Waals surface area contributed by atoms with Gasteiger partial charge in [0, 0.05) is 33.9 Å². The van der Waals surface area contributed by atoms with Crippen LogP contribution in [0.25, 0.3) is 17.1 Å². The first kappa shape index (κ1) is 13.7. The predicted molar refractivity (Wildman–Crippen MR) is 90.2 cm³/mol. The summed E-state index contributed by atoms with van der Waals surface area (Å²) in [6.07, 6.45) is 5.28. The summed E-state index contributed by atoms with van der Waals surface area (Å²) in [4.78, 5) is 23.8. The first-order valence-corrected chi connectivity index (χ1v) is 7.38. The van der Waals surface area contributed by atoms with Gasteiger partial charge >= 0.3 is 0 Å². The molecule has 1 amide bonds. The van der Waals surface area contributed by atoms with Crippen LogP contribution in [-0.4, -0.2) is 21.7 Å². The molecule has 3 heterocycles. The van der Waals surface area contributed by atoms with Gasteiger partial charge in [-0.2, -0.15) is 0 Å². The molecule has 0 atom stereocenters. The number of carbonyl (C=O) groups excluding carboxylic acids is 1. The van der Waals surface area contributed by atoms with Gasteiger partial charge in [-0.05, 0) is 42.5 Å². The van der Waals surface area contributed by atoms with Crippen molar-refractivity contribution in [1.82, 2.24) is 15.3 Å². The summed E-state index contributed by atoms with van der Waals surface area (Å²) in [5, 5.41) is 4.36. The van der Waals surface area contributed by atoms with E-state index in [1.165, 1.54) is 0 Å². The van der Waals surface area contributed by atoms with E-state index in [0.717, 1.165) is 22.2 Å². The minimum absolute atomic E-state index is 0.229. The lowest BCUT2D eigenvalue weighted by Gasteiger charge is -1.99. The molecule has 112 valence electrons. The number of hydrogen-bond donors (Lipinski definition) is 2. The molecule has 0 saturated heterocycles. The topological polar surface area (TPSA) is 70.1 Å². The number of pyridine rings is 1. The Balaban J connectivity index is 1.73. The summed E-state index contributed by atoms with van der Waals surface area (Å²) in [5.41, 5.74) is 2.82. The fraction of sp³-hybridized carbons (Fsp3) is 0. The van der Waals surface area contributed by atoms with E-state index in [9.17, 15) is 4.79 Å². The number of rotatable bonds is 2. The van der Waals surface area contributed by atoms with E-state index < -0.39 is 0 Å². The highest BCUT2D eigenvalue weighted by molar-refractivity contribution is 6.30. The standard InChI is InChI=1S/C17H11ClN4O/c18-12-5-3-10(4-6-12)15-21-14(17(23)22-15)8-11-9-20-16-13(11)2-1-7-19-16/h1-9H,(H,19,20)(H,21,22,23). The van der Waals surface area contributed by atoms with Crippen molar-refractivity contribution in [1.29, 1.82) is 0 Å². The van der Waals surface area contributed by atoms with E-state index in [-0.39, 0.29) is 5.91 Å². The molecule has 0 unspecified atom stereocenters. The molecule has 1 aliphatic heterocycles. The Morgan fingerprint density at radius 1 is 1.13 bits per heavy atom. The summed E-state index contributed by atoms with van der Waals surface area (Å²) in [6.45, 7) is 0. The maximum atomic E-state index is 12.1. The Kier molecular flexibility index (Phi) is 3.20. The monoisotopic (exact) mass is 322 g/mol. The fourth-order valence-corrected chi connectivity index (χ4v) is 2.58. The molecular weight excluding hydrogens is 312 g/mol. The molecule has 1 aromatic carbocycles. The summed E-state index contributed by atoms with van der Waals surface area (Å²) in [7, 11) is 0. The van der Waals surface area contributed by atoms with Crippen LogP contribution in [0.1, 0.15) is 11.1 Å². The summed E-state index contributed by atoms with van der Waals surface area (Å²) in [5.74, 6) is 0.295. The van der Waals surface area contributed by atoms with Gasteiger partial charge < -0.3 is 10.3 Å². The van der Waals surface area contributed by atoms with Crippen molar-refractivity contribution in [3.8, 4) is 0 Å². The molecule has 5 nitrogen and oxygen atoms in total. The molecule has 0 radical (unpaired) electrons. The maximum absolute atomic E-state index is 12.1. The second kappa shape index (κ2) is 5.37. The zero-order valence-corrected chi connectivity index (χ0v) is 12.6. The number of aromatic amines is 1. The Hall–Kier alpha value is -2.92. The number of hydrogen-bond acceptors (Lipinski definition) is 3. The second-order valence-corrected chi connectivity index (χ2v) is 5.53. The van der Waals surface area contributed by atoms with Crippen molar-refractivity contribution in [2.45, 2.75) is 0 Å². The largest absolute Gasteiger partial charge is 0.346 e. The maximum Gasteiger partial charge on any atom is 0.275 e. The molecule has 0 aliphatic carbocycles. The van der Waals surface area contributed by atoms with Gasteiger partial charge in [-0.15, -0.1) is 0 Å². The first-order valence-electron chi connectivity index (χ1n) is 7.00. The third-order valence-corrected chi connectivity index (χ3v) is 3.84. The average Bonchev–Trinajstić information content (AvgIpc) is 3.13. The molecule has 0 fully saturated rings. The Bertz CT molecular complexity index is 970. The van der Waals surface area contributed by atoms with Crippen LogP contribution in [-0.2, 0) is 4.79 Å². The molecule has 0 saturated carbocycles. The van der Waals surface area contributed by atoms with Crippen LogP contribution in [0.4, 0.5) is 0 Å². The highest BCUT2D eigenvalue weighted by atomic mass is 35.5. The van der Waals surface area contributed by atoms with Gasteiger partial charge in [0.15, 0.2) is 0 Å². The van der Waals surface area contributed by atoms with Crippen molar-refractivity contribution < 1.29 is 4.79 Å². The van der Waals surface area contributed by atoms with Gasteiger partial charge in [0.1, 0.15) is 17.2 Å². The molecule has 6 heteroatoms. The number of H-pyrrole nitrogens is 1. The number of aliphatic imine (C=N–C) groups is 1. The van der Waals surface area contributed by atoms with Crippen LogP contribution < -0.4 is 5.32 Å². The minimum Gasteiger partial charge on any atom is -0.346 e. The molecule has 2 aromatic heterocycles. The third-order valence-electron chi connectivity index (χ3n) is 3.59. The van der Waals surface area contributed by atoms with Gasteiger partial charge in [-0.1, -0.05) is 11.6 Å². The molecule has 0 bridgehead atoms. The smallest absolute Gasteiger partial charge is 0.275 e. The highest BCUT2D eigenvalue weighted by Gasteiger charge is 2.21. The number of fused-ring (bicyclic) bond motifs is 1. The van der Waals surface area contributed by atoms with Crippen LogP contribution in [0.2, 0.25) is 5.02 Å². The summed E-state index contributed by atoms with van der Waals surface area (Å²) < 4.78 is 0. The van der Waals surface area contributed by atoms with Crippen LogP contribution in [0.15, 0.2) is 59.5 Å². The molecular formula is C17H11ClN4O. The quantitative estimate of drug-likeness (QED) is 0.712. The SMILES string of the molecule is O=C1NC(c2ccc(Cl)cc2)=NC1=Cc1c[nH]c2ncccc12. The second-order valence-electron chi connectivity index (χ2n) is 5.09. The zero-order chi connectivity index (χ0) is 15.8. The van der Waals surface area contributed by atoms with Crippen LogP contribution >= 0.6 is 11.6 Å². The number of nitrogens with zero attached hydrogens (tertiary/aromatic N) is 2. The number of amides is 1. The Morgan fingerprint density at radius 2 is 1.96 bits per heavy atom. The van der Waals surface area contributed by atoms with E-state index >= 15 is 0 Å². The molecule has 4 rings (SSSR count). The van der Waals surface area contributed by atoms with Crippen LogP contribution in [0.5, 0.6) is 0 Å². The minimum atomic E-state index is -0.229. The van der Waals surface area contributed by atoms with E-state index in [4.69, 9.17) is 11.6 Å². The van der Waals surface area contributed by atoms with Gasteiger partial charge in [0.05, 0.1) is 0 Å². The average molecular weight is 323 g/mol. The fourth-order valence-electron chi connectivity index (χ4n) is 2.46. The zero-order valence-electron chi connectivity index (χ0n) is 11.9. The number of nitrogens with one attached hydrogen (secondary N) is 2. The molecule has 23 heavy (non-hydrogen) atoms. The molecule has 1 aliphatic rings. The lowest BCUT2D eigenvalue weighted by molar-refractivity contribution is -0.115. The van der Waals surface area contributed by atoms with E-state index in [1.54, 1.807) is 24.4 Å². The highest BCUT2D eigenvalue weighted by Crippen LogP contribution is 2.21. The van der Waals surface area contributed by atoms with E-state index in [2.05, 4.69) is 20.3 Å². The normalized spacial score (nSPS) is 16.0. The van der Waals surface area contributed by atoms with E-state index in [0.29, 0.717) is 16.6 Å². The van der Waals surface area contributed by atoms with Gasteiger partial charge in [0.2, 0.25) is 0 Å². The lowest BCUT2D eigenvalue weighted by Crippen LogP contribution is -2.24. The number of halogens is 1. The van der Waals surface area contributed by atoms with E-state index in [1.807, 2.05) is 30.5 Å². The van der Waals surface area contributed by atoms with Gasteiger partial charge in [-0.25, -0.2) is 9.98 Å².